The average molecular weight is 201 g/mol. The van der Waals surface area contributed by atoms with Gasteiger partial charge in [0.2, 0.25) is 0 Å². The minimum absolute atomic E-state index is 0.0880. The molecule has 1 aliphatic rings. The molecule has 0 N–H and O–H groups in total. The molecular formula is C10H13ClO2. The molecule has 2 nitrogen and oxygen atoms in total. The zero-order chi connectivity index (χ0) is 10.0. The molecule has 13 heavy (non-hydrogen) atoms. The molecule has 0 aromatic carbocycles. The first kappa shape index (κ1) is 10.5. The molecule has 0 atom stereocenters. The molecule has 3 heteroatoms. The van der Waals surface area contributed by atoms with E-state index in [-0.39, 0.29) is 23.1 Å². The van der Waals surface area contributed by atoms with Gasteiger partial charge in [-0.2, -0.15) is 0 Å². The fraction of sp³-hybridized carbons (Fsp3) is 0.600. The van der Waals surface area contributed by atoms with Gasteiger partial charge in [-0.25, -0.2) is 0 Å². The Morgan fingerprint density at radius 3 is 2.46 bits per heavy atom. The molecule has 0 heterocycles. The zero-order valence-electron chi connectivity index (χ0n) is 7.89. The van der Waals surface area contributed by atoms with Crippen molar-refractivity contribution in [2.75, 3.05) is 0 Å². The topological polar surface area (TPSA) is 34.1 Å². The van der Waals surface area contributed by atoms with Crippen LogP contribution in [0.4, 0.5) is 0 Å². The minimum Gasteiger partial charge on any atom is -0.294 e. The van der Waals surface area contributed by atoms with Crippen LogP contribution < -0.4 is 0 Å². The van der Waals surface area contributed by atoms with E-state index in [1.54, 1.807) is 13.8 Å². The molecular weight excluding hydrogens is 188 g/mol. The Kier molecular flexibility index (Phi) is 3.26. The Morgan fingerprint density at radius 2 is 2.00 bits per heavy atom. The van der Waals surface area contributed by atoms with E-state index >= 15 is 0 Å². The average Bonchev–Trinajstić information content (AvgIpc) is 2.03. The molecule has 0 amide bonds. The highest BCUT2D eigenvalue weighted by molar-refractivity contribution is 6.37. The molecule has 0 spiro atoms. The summed E-state index contributed by atoms with van der Waals surface area (Å²) in [5.74, 6) is -0.351. The Morgan fingerprint density at radius 1 is 1.38 bits per heavy atom. The van der Waals surface area contributed by atoms with Crippen LogP contribution in [-0.4, -0.2) is 11.6 Å². The van der Waals surface area contributed by atoms with E-state index in [9.17, 15) is 9.59 Å². The number of carbonyl (C=O) groups excluding carboxylic acids is 2. The van der Waals surface area contributed by atoms with E-state index in [0.29, 0.717) is 17.9 Å². The van der Waals surface area contributed by atoms with Crippen molar-refractivity contribution in [3.63, 3.8) is 0 Å². The summed E-state index contributed by atoms with van der Waals surface area (Å²) in [5.41, 5.74) is 0.253. The van der Waals surface area contributed by atoms with Crippen LogP contribution in [0.1, 0.15) is 33.1 Å². The maximum Gasteiger partial charge on any atom is 0.170 e. The van der Waals surface area contributed by atoms with Crippen LogP contribution in [0.2, 0.25) is 0 Å². The van der Waals surface area contributed by atoms with Gasteiger partial charge in [0, 0.05) is 17.4 Å². The van der Waals surface area contributed by atoms with Gasteiger partial charge in [-0.3, -0.25) is 9.59 Å². The summed E-state index contributed by atoms with van der Waals surface area (Å²) < 4.78 is 0. The minimum atomic E-state index is -0.147. The SMILES string of the molecule is CC(C)C(=O)C1=C(Cl)CCCC1=O. The van der Waals surface area contributed by atoms with Crippen molar-refractivity contribution in [2.24, 2.45) is 5.92 Å². The van der Waals surface area contributed by atoms with E-state index < -0.39 is 0 Å². The van der Waals surface area contributed by atoms with Gasteiger partial charge in [0.15, 0.2) is 11.6 Å². The van der Waals surface area contributed by atoms with Crippen LogP contribution in [0.3, 0.4) is 0 Å². The molecule has 0 saturated heterocycles. The molecule has 0 aromatic heterocycles. The van der Waals surface area contributed by atoms with Gasteiger partial charge in [-0.05, 0) is 12.8 Å². The molecule has 72 valence electrons. The normalized spacial score (nSPS) is 18.3. The van der Waals surface area contributed by atoms with Crippen LogP contribution in [0.25, 0.3) is 0 Å². The van der Waals surface area contributed by atoms with Gasteiger partial charge < -0.3 is 0 Å². The van der Waals surface area contributed by atoms with Crippen LogP contribution in [0.5, 0.6) is 0 Å². The molecule has 1 aliphatic carbocycles. The van der Waals surface area contributed by atoms with Gasteiger partial charge in [-0.15, -0.1) is 0 Å². The predicted octanol–water partition coefficient (Wildman–Crippen LogP) is 2.46. The van der Waals surface area contributed by atoms with E-state index in [0.717, 1.165) is 6.42 Å². The maximum atomic E-state index is 11.6. The number of Topliss-reactive ketones (excluding diaryl/α,β-unsaturated/α-hetero) is 2. The molecule has 0 saturated carbocycles. The summed E-state index contributed by atoms with van der Waals surface area (Å²) in [6.45, 7) is 3.56. The van der Waals surface area contributed by atoms with Gasteiger partial charge in [0.1, 0.15) is 0 Å². The van der Waals surface area contributed by atoms with Crippen molar-refractivity contribution >= 4 is 23.2 Å². The molecule has 0 aliphatic heterocycles. The van der Waals surface area contributed by atoms with Crippen LogP contribution in [0, 0.1) is 5.92 Å². The van der Waals surface area contributed by atoms with Crippen molar-refractivity contribution in [1.29, 1.82) is 0 Å². The van der Waals surface area contributed by atoms with Crippen LogP contribution in [-0.2, 0) is 9.59 Å². The molecule has 0 aromatic rings. The predicted molar refractivity (Wildman–Crippen MR) is 51.6 cm³/mol. The standard InChI is InChI=1S/C10H13ClO2/c1-6(2)10(13)9-7(11)4-3-5-8(9)12/h6H,3-5H2,1-2H3. The first-order valence-corrected chi connectivity index (χ1v) is 4.88. The molecule has 0 radical (unpaired) electrons. The lowest BCUT2D eigenvalue weighted by Crippen LogP contribution is -2.21. The Balaban J connectivity index is 2.98. The highest BCUT2D eigenvalue weighted by atomic mass is 35.5. The lowest BCUT2D eigenvalue weighted by molar-refractivity contribution is -0.123. The van der Waals surface area contributed by atoms with Crippen LogP contribution >= 0.6 is 11.6 Å². The Bertz CT molecular complexity index is 277. The summed E-state index contributed by atoms with van der Waals surface area (Å²) in [5, 5.41) is 0.454. The Hall–Kier alpha value is -0.630. The number of halogens is 1. The summed E-state index contributed by atoms with van der Waals surface area (Å²) in [4.78, 5) is 22.9. The molecule has 1 rings (SSSR count). The second kappa shape index (κ2) is 4.05. The third kappa shape index (κ3) is 2.19. The van der Waals surface area contributed by atoms with E-state index in [4.69, 9.17) is 11.6 Å². The first-order chi connectivity index (χ1) is 6.04. The lowest BCUT2D eigenvalue weighted by atomic mass is 9.90. The van der Waals surface area contributed by atoms with Crippen molar-refractivity contribution < 1.29 is 9.59 Å². The van der Waals surface area contributed by atoms with E-state index in [1.807, 2.05) is 0 Å². The quantitative estimate of drug-likeness (QED) is 0.642. The lowest BCUT2D eigenvalue weighted by Gasteiger charge is -2.15. The molecule has 0 unspecified atom stereocenters. The zero-order valence-corrected chi connectivity index (χ0v) is 8.65. The maximum absolute atomic E-state index is 11.6. The summed E-state index contributed by atoms with van der Waals surface area (Å²) in [6, 6.07) is 0. The second-order valence-corrected chi connectivity index (χ2v) is 4.03. The number of ketones is 2. The number of carbonyl (C=O) groups is 2. The van der Waals surface area contributed by atoms with Gasteiger partial charge in [0.25, 0.3) is 0 Å². The molecule has 0 bridgehead atoms. The summed E-state index contributed by atoms with van der Waals surface area (Å²) in [7, 11) is 0. The summed E-state index contributed by atoms with van der Waals surface area (Å²) in [6.07, 6.45) is 1.90. The second-order valence-electron chi connectivity index (χ2n) is 3.58. The van der Waals surface area contributed by atoms with Gasteiger partial charge in [0.05, 0.1) is 5.57 Å². The van der Waals surface area contributed by atoms with Crippen molar-refractivity contribution in [2.45, 2.75) is 33.1 Å². The number of hydrogen-bond donors (Lipinski definition) is 0. The summed E-state index contributed by atoms with van der Waals surface area (Å²) >= 11 is 5.85. The first-order valence-electron chi connectivity index (χ1n) is 4.50. The smallest absolute Gasteiger partial charge is 0.170 e. The molecule has 0 fully saturated rings. The fourth-order valence-electron chi connectivity index (χ4n) is 1.37. The third-order valence-corrected chi connectivity index (χ3v) is 2.50. The highest BCUT2D eigenvalue weighted by Crippen LogP contribution is 2.27. The number of allylic oxidation sites excluding steroid dienone is 2. The highest BCUT2D eigenvalue weighted by Gasteiger charge is 2.26. The van der Waals surface area contributed by atoms with Gasteiger partial charge in [-0.1, -0.05) is 25.4 Å². The van der Waals surface area contributed by atoms with E-state index in [2.05, 4.69) is 0 Å². The largest absolute Gasteiger partial charge is 0.294 e. The van der Waals surface area contributed by atoms with Gasteiger partial charge >= 0.3 is 0 Å². The van der Waals surface area contributed by atoms with Crippen molar-refractivity contribution in [3.8, 4) is 0 Å². The fourth-order valence-corrected chi connectivity index (χ4v) is 1.70. The monoisotopic (exact) mass is 200 g/mol. The van der Waals surface area contributed by atoms with Crippen molar-refractivity contribution in [1.82, 2.24) is 0 Å². The third-order valence-electron chi connectivity index (χ3n) is 2.12. The number of hydrogen-bond acceptors (Lipinski definition) is 2. The van der Waals surface area contributed by atoms with Crippen LogP contribution in [0.15, 0.2) is 10.6 Å². The van der Waals surface area contributed by atoms with Crippen molar-refractivity contribution in [3.05, 3.63) is 10.6 Å². The van der Waals surface area contributed by atoms with E-state index in [1.165, 1.54) is 0 Å². The Labute approximate surface area is 83.0 Å². The number of rotatable bonds is 2.